The van der Waals surface area contributed by atoms with Gasteiger partial charge < -0.3 is 9.84 Å². The van der Waals surface area contributed by atoms with Crippen molar-refractivity contribution in [3.05, 3.63) is 63.6 Å². The van der Waals surface area contributed by atoms with E-state index in [-0.39, 0.29) is 19.0 Å². The van der Waals surface area contributed by atoms with Crippen molar-refractivity contribution in [3.8, 4) is 5.75 Å². The van der Waals surface area contributed by atoms with E-state index in [0.29, 0.717) is 21.4 Å². The van der Waals surface area contributed by atoms with Crippen LogP contribution in [0.4, 0.5) is 0 Å². The molecule has 20 heavy (non-hydrogen) atoms. The van der Waals surface area contributed by atoms with Crippen LogP contribution in [0.5, 0.6) is 5.75 Å². The first-order valence-corrected chi connectivity index (χ1v) is 6.66. The fourth-order valence-corrected chi connectivity index (χ4v) is 1.89. The maximum Gasteiger partial charge on any atom is 0.200 e. The Bertz CT molecular complexity index is 609. The Morgan fingerprint density at radius 2 is 1.75 bits per heavy atom. The molecule has 2 rings (SSSR count). The summed E-state index contributed by atoms with van der Waals surface area (Å²) < 4.78 is 5.38. The summed E-state index contributed by atoms with van der Waals surface area (Å²) in [7, 11) is 0. The van der Waals surface area contributed by atoms with Gasteiger partial charge in [-0.2, -0.15) is 0 Å². The number of carbonyl (C=O) groups excluding carboxylic acids is 1. The summed E-state index contributed by atoms with van der Waals surface area (Å²) in [4.78, 5) is 11.9. The molecule has 0 amide bonds. The van der Waals surface area contributed by atoms with E-state index in [0.717, 1.165) is 5.56 Å². The van der Waals surface area contributed by atoms with Gasteiger partial charge in [0.25, 0.3) is 0 Å². The molecule has 0 aliphatic rings. The second-order valence-corrected chi connectivity index (χ2v) is 4.96. The number of aliphatic hydroxyl groups is 1. The number of hydrogen-bond acceptors (Lipinski definition) is 3. The summed E-state index contributed by atoms with van der Waals surface area (Å²) in [6, 6.07) is 11.6. The van der Waals surface area contributed by atoms with Crippen molar-refractivity contribution in [1.82, 2.24) is 0 Å². The molecule has 3 nitrogen and oxygen atoms in total. The lowest BCUT2D eigenvalue weighted by Gasteiger charge is -2.07. The Kier molecular flexibility index (Phi) is 5.01. The molecule has 0 heterocycles. The van der Waals surface area contributed by atoms with E-state index in [9.17, 15) is 4.79 Å². The van der Waals surface area contributed by atoms with Crippen molar-refractivity contribution in [3.63, 3.8) is 0 Å². The predicted octanol–water partition coefficient (Wildman–Crippen LogP) is 3.75. The molecular formula is C15H12Cl2O3. The maximum atomic E-state index is 11.9. The van der Waals surface area contributed by atoms with Crippen LogP contribution in [-0.2, 0) is 6.61 Å². The SMILES string of the molecule is O=C(COc1ccc(CO)cc1)c1ccc(Cl)c(Cl)c1. The minimum atomic E-state index is -0.185. The second-order valence-electron chi connectivity index (χ2n) is 4.14. The maximum absolute atomic E-state index is 11.9. The lowest BCUT2D eigenvalue weighted by atomic mass is 10.1. The van der Waals surface area contributed by atoms with Crippen LogP contribution in [0.2, 0.25) is 10.0 Å². The van der Waals surface area contributed by atoms with E-state index in [1.165, 1.54) is 6.07 Å². The molecule has 2 aromatic rings. The molecule has 1 N–H and O–H groups in total. The number of halogens is 2. The van der Waals surface area contributed by atoms with Crippen LogP contribution >= 0.6 is 23.2 Å². The van der Waals surface area contributed by atoms with Gasteiger partial charge in [0.15, 0.2) is 12.4 Å². The van der Waals surface area contributed by atoms with Crippen LogP contribution < -0.4 is 4.74 Å². The van der Waals surface area contributed by atoms with Gasteiger partial charge in [-0.15, -0.1) is 0 Å². The molecule has 0 bridgehead atoms. The topological polar surface area (TPSA) is 46.5 Å². The van der Waals surface area contributed by atoms with E-state index in [4.69, 9.17) is 33.0 Å². The highest BCUT2D eigenvalue weighted by Gasteiger charge is 2.09. The molecule has 0 aliphatic carbocycles. The molecule has 0 aliphatic heterocycles. The number of carbonyl (C=O) groups is 1. The molecule has 0 aromatic heterocycles. The van der Waals surface area contributed by atoms with Crippen molar-refractivity contribution in [2.45, 2.75) is 6.61 Å². The van der Waals surface area contributed by atoms with E-state index in [2.05, 4.69) is 0 Å². The minimum absolute atomic E-state index is 0.0253. The van der Waals surface area contributed by atoms with Crippen molar-refractivity contribution >= 4 is 29.0 Å². The van der Waals surface area contributed by atoms with Crippen LogP contribution in [0.15, 0.2) is 42.5 Å². The number of Topliss-reactive ketones (excluding diaryl/α,β-unsaturated/α-hetero) is 1. The highest BCUT2D eigenvalue weighted by atomic mass is 35.5. The highest BCUT2D eigenvalue weighted by molar-refractivity contribution is 6.42. The summed E-state index contributed by atoms with van der Waals surface area (Å²) in [6.45, 7) is -0.112. The third-order valence-corrected chi connectivity index (χ3v) is 3.46. The molecule has 0 spiro atoms. The van der Waals surface area contributed by atoms with Crippen molar-refractivity contribution < 1.29 is 14.6 Å². The van der Waals surface area contributed by atoms with Gasteiger partial charge in [-0.25, -0.2) is 0 Å². The normalized spacial score (nSPS) is 10.3. The first-order valence-electron chi connectivity index (χ1n) is 5.91. The Labute approximate surface area is 126 Å². The average molecular weight is 311 g/mol. The molecule has 0 unspecified atom stereocenters. The molecule has 0 atom stereocenters. The molecule has 0 fully saturated rings. The van der Waals surface area contributed by atoms with Gasteiger partial charge in [0.2, 0.25) is 0 Å². The number of hydrogen-bond donors (Lipinski definition) is 1. The first-order chi connectivity index (χ1) is 9.60. The van der Waals surface area contributed by atoms with Crippen molar-refractivity contribution in [2.24, 2.45) is 0 Å². The summed E-state index contributed by atoms with van der Waals surface area (Å²) in [5.41, 5.74) is 1.24. The average Bonchev–Trinajstić information content (AvgIpc) is 2.48. The fourth-order valence-electron chi connectivity index (χ4n) is 1.59. The third-order valence-electron chi connectivity index (χ3n) is 2.72. The lowest BCUT2D eigenvalue weighted by Crippen LogP contribution is -2.11. The molecule has 0 saturated carbocycles. The number of rotatable bonds is 5. The molecule has 0 radical (unpaired) electrons. The zero-order chi connectivity index (χ0) is 14.5. The van der Waals surface area contributed by atoms with Crippen LogP contribution in [0.25, 0.3) is 0 Å². The highest BCUT2D eigenvalue weighted by Crippen LogP contribution is 2.23. The Balaban J connectivity index is 1.98. The summed E-state index contributed by atoms with van der Waals surface area (Å²) >= 11 is 11.7. The predicted molar refractivity (Wildman–Crippen MR) is 78.7 cm³/mol. The molecule has 5 heteroatoms. The summed E-state index contributed by atoms with van der Waals surface area (Å²) in [5.74, 6) is 0.380. The van der Waals surface area contributed by atoms with E-state index in [1.54, 1.807) is 36.4 Å². The lowest BCUT2D eigenvalue weighted by molar-refractivity contribution is 0.0921. The first kappa shape index (κ1) is 14.9. The Morgan fingerprint density at radius 3 is 2.35 bits per heavy atom. The summed E-state index contributed by atoms with van der Waals surface area (Å²) in [5, 5.41) is 9.67. The molecular weight excluding hydrogens is 299 g/mol. The Morgan fingerprint density at radius 1 is 1.05 bits per heavy atom. The molecule has 104 valence electrons. The van der Waals surface area contributed by atoms with E-state index >= 15 is 0 Å². The van der Waals surface area contributed by atoms with Gasteiger partial charge >= 0.3 is 0 Å². The van der Waals surface area contributed by atoms with Crippen LogP contribution in [0.1, 0.15) is 15.9 Å². The third kappa shape index (κ3) is 3.73. The number of ketones is 1. The van der Waals surface area contributed by atoms with Crippen molar-refractivity contribution in [2.75, 3.05) is 6.61 Å². The number of aliphatic hydroxyl groups excluding tert-OH is 1. The largest absolute Gasteiger partial charge is 0.485 e. The van der Waals surface area contributed by atoms with Gasteiger partial charge in [-0.05, 0) is 35.9 Å². The van der Waals surface area contributed by atoms with Gasteiger partial charge in [-0.1, -0.05) is 35.3 Å². The fraction of sp³-hybridized carbons (Fsp3) is 0.133. The molecule has 2 aromatic carbocycles. The van der Waals surface area contributed by atoms with Crippen molar-refractivity contribution in [1.29, 1.82) is 0 Å². The van der Waals surface area contributed by atoms with Gasteiger partial charge in [0.1, 0.15) is 5.75 Å². The summed E-state index contributed by atoms with van der Waals surface area (Å²) in [6.07, 6.45) is 0. The number of ether oxygens (including phenoxy) is 1. The van der Waals surface area contributed by atoms with Crippen LogP contribution in [0.3, 0.4) is 0 Å². The standard InChI is InChI=1S/C15H12Cl2O3/c16-13-6-3-11(7-14(13)17)15(19)9-20-12-4-1-10(8-18)2-5-12/h1-7,18H,8-9H2. The Hall–Kier alpha value is -1.55. The van der Waals surface area contributed by atoms with E-state index < -0.39 is 0 Å². The van der Waals surface area contributed by atoms with Gasteiger partial charge in [0, 0.05) is 5.56 Å². The monoisotopic (exact) mass is 310 g/mol. The number of benzene rings is 2. The van der Waals surface area contributed by atoms with Crippen LogP contribution in [0, 0.1) is 0 Å². The quantitative estimate of drug-likeness (QED) is 0.856. The van der Waals surface area contributed by atoms with Crippen LogP contribution in [-0.4, -0.2) is 17.5 Å². The zero-order valence-corrected chi connectivity index (χ0v) is 12.0. The van der Waals surface area contributed by atoms with Gasteiger partial charge in [0.05, 0.1) is 16.7 Å². The van der Waals surface area contributed by atoms with E-state index in [1.807, 2.05) is 0 Å². The second kappa shape index (κ2) is 6.75. The van der Waals surface area contributed by atoms with Gasteiger partial charge in [-0.3, -0.25) is 4.79 Å². The minimum Gasteiger partial charge on any atom is -0.485 e. The zero-order valence-electron chi connectivity index (χ0n) is 10.5. The molecule has 0 saturated heterocycles. The smallest absolute Gasteiger partial charge is 0.200 e.